The van der Waals surface area contributed by atoms with E-state index < -0.39 is 0 Å². The van der Waals surface area contributed by atoms with Crippen molar-refractivity contribution in [2.45, 2.75) is 19.4 Å². The first-order valence-corrected chi connectivity index (χ1v) is 7.66. The Morgan fingerprint density at radius 3 is 2.70 bits per heavy atom. The highest BCUT2D eigenvalue weighted by atomic mass is 32.1. The number of aryl methyl sites for hydroxylation is 1. The summed E-state index contributed by atoms with van der Waals surface area (Å²) in [6.07, 6.45) is 1.07. The molecule has 2 N–H and O–H groups in total. The molecular formula is C16H22N2OS. The van der Waals surface area contributed by atoms with Gasteiger partial charge in [-0.05, 0) is 30.7 Å². The van der Waals surface area contributed by atoms with Crippen molar-refractivity contribution in [3.63, 3.8) is 0 Å². The fourth-order valence-corrected chi connectivity index (χ4v) is 3.35. The molecular weight excluding hydrogens is 268 g/mol. The minimum absolute atomic E-state index is 0.201. The smallest absolute Gasteiger partial charge is 0.120 e. The van der Waals surface area contributed by atoms with Crippen LogP contribution in [0.1, 0.15) is 22.7 Å². The maximum Gasteiger partial charge on any atom is 0.120 e. The normalized spacial score (nSPS) is 12.2. The first-order chi connectivity index (χ1) is 9.69. The van der Waals surface area contributed by atoms with Crippen molar-refractivity contribution < 1.29 is 4.74 Å². The van der Waals surface area contributed by atoms with Crippen molar-refractivity contribution >= 4 is 17.0 Å². The molecule has 1 aromatic carbocycles. The van der Waals surface area contributed by atoms with Crippen LogP contribution in [0.2, 0.25) is 0 Å². The van der Waals surface area contributed by atoms with Gasteiger partial charge in [0, 0.05) is 35.1 Å². The minimum Gasteiger partial charge on any atom is -0.497 e. The second kappa shape index (κ2) is 6.77. The van der Waals surface area contributed by atoms with Crippen molar-refractivity contribution in [2.24, 2.45) is 5.73 Å². The Bertz CT molecular complexity index is 553. The van der Waals surface area contributed by atoms with Crippen LogP contribution in [0.3, 0.4) is 0 Å². The van der Waals surface area contributed by atoms with Gasteiger partial charge >= 0.3 is 0 Å². The molecule has 0 radical (unpaired) electrons. The number of nitrogens with two attached hydrogens (primary N) is 1. The zero-order chi connectivity index (χ0) is 14.5. The number of anilines is 1. The van der Waals surface area contributed by atoms with E-state index in [0.717, 1.165) is 17.9 Å². The molecule has 0 aliphatic carbocycles. The van der Waals surface area contributed by atoms with Gasteiger partial charge in [-0.15, -0.1) is 11.3 Å². The van der Waals surface area contributed by atoms with E-state index in [1.807, 2.05) is 29.5 Å². The molecule has 0 bridgehead atoms. The fraction of sp³-hybridized carbons (Fsp3) is 0.375. The Morgan fingerprint density at radius 2 is 2.10 bits per heavy atom. The van der Waals surface area contributed by atoms with Crippen molar-refractivity contribution in [2.75, 3.05) is 25.6 Å². The Kier molecular flexibility index (Phi) is 5.04. The molecule has 0 saturated heterocycles. The number of nitrogens with zero attached hydrogens (tertiary/aromatic N) is 1. The summed E-state index contributed by atoms with van der Waals surface area (Å²) >= 11 is 1.85. The molecule has 20 heavy (non-hydrogen) atoms. The number of thiophene rings is 1. The van der Waals surface area contributed by atoms with E-state index >= 15 is 0 Å². The Labute approximate surface area is 125 Å². The van der Waals surface area contributed by atoms with E-state index in [0.29, 0.717) is 6.54 Å². The van der Waals surface area contributed by atoms with Crippen LogP contribution < -0.4 is 15.4 Å². The number of ether oxygens (including phenoxy) is 1. The summed E-state index contributed by atoms with van der Waals surface area (Å²) in [6.45, 7) is 2.77. The molecule has 1 unspecified atom stereocenters. The van der Waals surface area contributed by atoms with Gasteiger partial charge in [-0.3, -0.25) is 0 Å². The van der Waals surface area contributed by atoms with Crippen molar-refractivity contribution in [3.05, 3.63) is 46.2 Å². The Hall–Kier alpha value is -1.52. The van der Waals surface area contributed by atoms with E-state index in [1.165, 1.54) is 9.75 Å². The average Bonchev–Trinajstić information content (AvgIpc) is 2.96. The summed E-state index contributed by atoms with van der Waals surface area (Å²) in [5.41, 5.74) is 7.11. The van der Waals surface area contributed by atoms with Crippen LogP contribution in [-0.4, -0.2) is 20.7 Å². The van der Waals surface area contributed by atoms with Crippen LogP contribution in [0.25, 0.3) is 0 Å². The third-order valence-corrected chi connectivity index (χ3v) is 4.84. The van der Waals surface area contributed by atoms with Gasteiger partial charge in [0.1, 0.15) is 5.75 Å². The van der Waals surface area contributed by atoms with E-state index in [9.17, 15) is 0 Å². The molecule has 0 fully saturated rings. The summed E-state index contributed by atoms with van der Waals surface area (Å²) in [6, 6.07) is 12.7. The maximum atomic E-state index is 6.00. The van der Waals surface area contributed by atoms with Gasteiger partial charge < -0.3 is 15.4 Å². The van der Waals surface area contributed by atoms with E-state index in [4.69, 9.17) is 10.5 Å². The molecule has 108 valence electrons. The second-order valence-corrected chi connectivity index (χ2v) is 5.92. The van der Waals surface area contributed by atoms with Crippen molar-refractivity contribution in [3.8, 4) is 5.75 Å². The summed E-state index contributed by atoms with van der Waals surface area (Å²) < 4.78 is 5.29. The number of benzene rings is 1. The molecule has 1 aromatic heterocycles. The van der Waals surface area contributed by atoms with E-state index in [2.05, 4.69) is 37.1 Å². The van der Waals surface area contributed by atoms with Crippen molar-refractivity contribution in [1.82, 2.24) is 0 Å². The van der Waals surface area contributed by atoms with Gasteiger partial charge in [-0.1, -0.05) is 13.0 Å². The molecule has 2 rings (SSSR count). The molecule has 3 nitrogen and oxygen atoms in total. The molecule has 2 aromatic rings. The summed E-state index contributed by atoms with van der Waals surface area (Å²) in [7, 11) is 3.77. The van der Waals surface area contributed by atoms with Crippen LogP contribution in [0.4, 0.5) is 5.69 Å². The second-order valence-electron chi connectivity index (χ2n) is 4.72. The number of hydrogen-bond acceptors (Lipinski definition) is 4. The lowest BCUT2D eigenvalue weighted by molar-refractivity contribution is 0.414. The zero-order valence-corrected chi connectivity index (χ0v) is 13.1. The fourth-order valence-electron chi connectivity index (χ4n) is 2.24. The van der Waals surface area contributed by atoms with Crippen LogP contribution >= 0.6 is 11.3 Å². The monoisotopic (exact) mass is 290 g/mol. The SMILES string of the molecule is CCc1ccc(C(CN)N(C)c2cccc(OC)c2)s1. The van der Waals surface area contributed by atoms with Crippen molar-refractivity contribution in [1.29, 1.82) is 0 Å². The highest BCUT2D eigenvalue weighted by molar-refractivity contribution is 7.12. The molecule has 4 heteroatoms. The van der Waals surface area contributed by atoms with Gasteiger partial charge in [0.05, 0.1) is 13.2 Å². The van der Waals surface area contributed by atoms with E-state index in [1.54, 1.807) is 7.11 Å². The molecule has 0 aliphatic heterocycles. The third-order valence-electron chi connectivity index (χ3n) is 3.51. The minimum atomic E-state index is 0.201. The number of rotatable bonds is 6. The summed E-state index contributed by atoms with van der Waals surface area (Å²) in [5, 5.41) is 0. The van der Waals surface area contributed by atoms with Gasteiger partial charge in [0.25, 0.3) is 0 Å². The van der Waals surface area contributed by atoms with Crippen LogP contribution in [0.5, 0.6) is 5.75 Å². The Morgan fingerprint density at radius 1 is 1.30 bits per heavy atom. The number of likely N-dealkylation sites (N-methyl/N-ethyl adjacent to an activating group) is 1. The molecule has 1 atom stereocenters. The van der Waals surface area contributed by atoms with E-state index in [-0.39, 0.29) is 6.04 Å². The summed E-state index contributed by atoms with van der Waals surface area (Å²) in [4.78, 5) is 4.93. The molecule has 0 spiro atoms. The first kappa shape index (κ1) is 14.9. The lowest BCUT2D eigenvalue weighted by atomic mass is 10.2. The zero-order valence-electron chi connectivity index (χ0n) is 12.3. The predicted molar refractivity (Wildman–Crippen MR) is 86.9 cm³/mol. The van der Waals surface area contributed by atoms with Crippen LogP contribution in [0, 0.1) is 0 Å². The maximum absolute atomic E-state index is 6.00. The first-order valence-electron chi connectivity index (χ1n) is 6.85. The number of hydrogen-bond donors (Lipinski definition) is 1. The molecule has 1 heterocycles. The molecule has 0 aliphatic rings. The van der Waals surface area contributed by atoms with Gasteiger partial charge in [-0.2, -0.15) is 0 Å². The van der Waals surface area contributed by atoms with Crippen LogP contribution in [-0.2, 0) is 6.42 Å². The van der Waals surface area contributed by atoms with Gasteiger partial charge in [-0.25, -0.2) is 0 Å². The largest absolute Gasteiger partial charge is 0.497 e. The van der Waals surface area contributed by atoms with Gasteiger partial charge in [0.15, 0.2) is 0 Å². The molecule has 0 amide bonds. The predicted octanol–water partition coefficient (Wildman–Crippen LogP) is 3.46. The lowest BCUT2D eigenvalue weighted by Crippen LogP contribution is -2.29. The lowest BCUT2D eigenvalue weighted by Gasteiger charge is -2.28. The standard InChI is InChI=1S/C16H22N2OS/c1-4-14-8-9-16(20-14)15(11-17)18(2)12-6-5-7-13(10-12)19-3/h5-10,15H,4,11,17H2,1-3H3. The highest BCUT2D eigenvalue weighted by Gasteiger charge is 2.18. The quantitative estimate of drug-likeness (QED) is 0.885. The highest BCUT2D eigenvalue weighted by Crippen LogP contribution is 2.31. The third kappa shape index (κ3) is 3.14. The topological polar surface area (TPSA) is 38.5 Å². The van der Waals surface area contributed by atoms with Crippen LogP contribution in [0.15, 0.2) is 36.4 Å². The number of methoxy groups -OCH3 is 1. The average molecular weight is 290 g/mol. The molecule has 0 saturated carbocycles. The summed E-state index contributed by atoms with van der Waals surface area (Å²) in [5.74, 6) is 0.866. The Balaban J connectivity index is 2.25. The van der Waals surface area contributed by atoms with Gasteiger partial charge in [0.2, 0.25) is 0 Å².